The minimum Gasteiger partial charge on any atom is -0.320 e. The van der Waals surface area contributed by atoms with E-state index in [1.807, 2.05) is 19.2 Å². The molecule has 0 atom stereocenters. The van der Waals surface area contributed by atoms with Crippen molar-refractivity contribution in [2.24, 2.45) is 5.92 Å². The lowest BCUT2D eigenvalue weighted by atomic mass is 9.97. The van der Waals surface area contributed by atoms with E-state index in [1.54, 1.807) is 0 Å². The number of rotatable bonds is 4. The minimum absolute atomic E-state index is 0.00828. The summed E-state index contributed by atoms with van der Waals surface area (Å²) in [5.74, 6) is 0.857. The summed E-state index contributed by atoms with van der Waals surface area (Å²) in [6.45, 7) is 7.52. The topological polar surface area (TPSA) is 49.0 Å². The number of fused-ring (bicyclic) bond motifs is 1. The fourth-order valence-electron chi connectivity index (χ4n) is 2.84. The number of H-pyrrole nitrogens is 1. The third kappa shape index (κ3) is 2.48. The van der Waals surface area contributed by atoms with Crippen molar-refractivity contribution in [3.63, 3.8) is 0 Å². The number of hydrogen-bond donors (Lipinski definition) is 1. The molecule has 0 amide bonds. The van der Waals surface area contributed by atoms with E-state index >= 15 is 0 Å². The van der Waals surface area contributed by atoms with Crippen LogP contribution in [-0.2, 0) is 13.0 Å². The van der Waals surface area contributed by atoms with Gasteiger partial charge in [0.25, 0.3) is 5.56 Å². The molecule has 0 spiro atoms. The van der Waals surface area contributed by atoms with Crippen LogP contribution >= 0.6 is 0 Å². The summed E-state index contributed by atoms with van der Waals surface area (Å²) in [4.78, 5) is 21.7. The molecule has 1 fully saturated rings. The van der Waals surface area contributed by atoms with Crippen molar-refractivity contribution < 1.29 is 0 Å². The predicted molar refractivity (Wildman–Crippen MR) is 80.8 cm³/mol. The highest BCUT2D eigenvalue weighted by Gasteiger charge is 2.24. The number of hydrogen-bond acceptors (Lipinski definition) is 3. The second kappa shape index (κ2) is 5.37. The number of pyridine rings is 2. The largest absolute Gasteiger partial charge is 0.320 e. The molecule has 0 aromatic carbocycles. The number of nitrogens with zero attached hydrogens (tertiary/aromatic N) is 2. The summed E-state index contributed by atoms with van der Waals surface area (Å²) in [5, 5.41) is 0. The van der Waals surface area contributed by atoms with E-state index in [0.29, 0.717) is 0 Å². The van der Waals surface area contributed by atoms with Crippen molar-refractivity contribution in [2.75, 3.05) is 13.1 Å². The molecule has 1 aliphatic heterocycles. The maximum atomic E-state index is 11.9. The molecule has 1 saturated heterocycles. The van der Waals surface area contributed by atoms with Gasteiger partial charge in [0.2, 0.25) is 0 Å². The van der Waals surface area contributed by atoms with E-state index in [4.69, 9.17) is 0 Å². The normalized spacial score (nSPS) is 16.5. The van der Waals surface area contributed by atoms with E-state index in [9.17, 15) is 4.79 Å². The van der Waals surface area contributed by atoms with Gasteiger partial charge >= 0.3 is 0 Å². The molecule has 0 bridgehead atoms. The van der Waals surface area contributed by atoms with Gasteiger partial charge in [-0.15, -0.1) is 0 Å². The molecule has 4 nitrogen and oxygen atoms in total. The van der Waals surface area contributed by atoms with E-state index in [-0.39, 0.29) is 5.56 Å². The Hall–Kier alpha value is -1.68. The summed E-state index contributed by atoms with van der Waals surface area (Å²) < 4.78 is 0. The zero-order valence-corrected chi connectivity index (χ0v) is 12.1. The SMILES string of the molecule is CCc1cc2ncc(CN3CC(CC)C3)cc2[nH]c1=O. The van der Waals surface area contributed by atoms with Crippen molar-refractivity contribution in [3.8, 4) is 0 Å². The average molecular weight is 271 g/mol. The molecule has 1 N–H and O–H groups in total. The van der Waals surface area contributed by atoms with Gasteiger partial charge in [-0.3, -0.25) is 14.7 Å². The third-order valence-corrected chi connectivity index (χ3v) is 4.22. The molecule has 4 heteroatoms. The lowest BCUT2D eigenvalue weighted by Crippen LogP contribution is -2.45. The molecule has 106 valence electrons. The molecule has 2 aromatic rings. The summed E-state index contributed by atoms with van der Waals surface area (Å²) >= 11 is 0. The standard InChI is InChI=1S/C16H21N3O/c1-3-11-8-19(9-11)10-12-5-15-14(17-7-12)6-13(4-2)16(20)18-15/h5-7,11H,3-4,8-10H2,1-2H3,(H,18,20). The van der Waals surface area contributed by atoms with Crippen molar-refractivity contribution >= 4 is 11.0 Å². The lowest BCUT2D eigenvalue weighted by molar-refractivity contribution is 0.0898. The molecule has 20 heavy (non-hydrogen) atoms. The molecule has 0 radical (unpaired) electrons. The minimum atomic E-state index is 0.00828. The lowest BCUT2D eigenvalue weighted by Gasteiger charge is -2.38. The van der Waals surface area contributed by atoms with Crippen molar-refractivity contribution in [2.45, 2.75) is 33.2 Å². The zero-order chi connectivity index (χ0) is 14.1. The third-order valence-electron chi connectivity index (χ3n) is 4.22. The van der Waals surface area contributed by atoms with E-state index in [1.165, 1.54) is 25.1 Å². The van der Waals surface area contributed by atoms with Gasteiger partial charge in [-0.25, -0.2) is 0 Å². The van der Waals surface area contributed by atoms with Gasteiger partial charge in [-0.2, -0.15) is 0 Å². The second-order valence-corrected chi connectivity index (χ2v) is 5.72. The Kier molecular flexibility index (Phi) is 3.57. The Balaban J connectivity index is 1.82. The predicted octanol–water partition coefficient (Wildman–Crippen LogP) is 2.33. The maximum absolute atomic E-state index is 11.9. The highest BCUT2D eigenvalue weighted by atomic mass is 16.1. The molecular formula is C16H21N3O. The molecular weight excluding hydrogens is 250 g/mol. The van der Waals surface area contributed by atoms with Crippen LogP contribution in [0, 0.1) is 5.92 Å². The van der Waals surface area contributed by atoms with Crippen LogP contribution in [0.5, 0.6) is 0 Å². The number of likely N-dealkylation sites (tertiary alicyclic amines) is 1. The second-order valence-electron chi connectivity index (χ2n) is 5.72. The first-order valence-electron chi connectivity index (χ1n) is 7.42. The summed E-state index contributed by atoms with van der Waals surface area (Å²) in [6, 6.07) is 3.96. The molecule has 1 aliphatic rings. The Morgan fingerprint density at radius 2 is 2.15 bits per heavy atom. The molecule has 0 aliphatic carbocycles. The fraction of sp³-hybridized carbons (Fsp3) is 0.500. The maximum Gasteiger partial charge on any atom is 0.251 e. The molecule has 0 unspecified atom stereocenters. The van der Waals surface area contributed by atoms with Crippen molar-refractivity contribution in [1.29, 1.82) is 0 Å². The first-order chi connectivity index (χ1) is 9.69. The fourth-order valence-corrected chi connectivity index (χ4v) is 2.84. The van der Waals surface area contributed by atoms with E-state index < -0.39 is 0 Å². The first-order valence-corrected chi connectivity index (χ1v) is 7.42. The summed E-state index contributed by atoms with van der Waals surface area (Å²) in [6.07, 6.45) is 3.93. The smallest absolute Gasteiger partial charge is 0.251 e. The average Bonchev–Trinajstić information content (AvgIpc) is 2.41. The van der Waals surface area contributed by atoms with Crippen LogP contribution in [-0.4, -0.2) is 28.0 Å². The number of aryl methyl sites for hydroxylation is 1. The number of nitrogens with one attached hydrogen (secondary N) is 1. The summed E-state index contributed by atoms with van der Waals surface area (Å²) in [5.41, 5.74) is 3.70. The Labute approximate surface area is 118 Å². The first kappa shape index (κ1) is 13.3. The van der Waals surface area contributed by atoms with Crippen molar-refractivity contribution in [3.05, 3.63) is 39.8 Å². The Bertz CT molecular complexity index is 671. The Morgan fingerprint density at radius 1 is 1.35 bits per heavy atom. The number of aromatic amines is 1. The summed E-state index contributed by atoms with van der Waals surface area (Å²) in [7, 11) is 0. The van der Waals surface area contributed by atoms with Gasteiger partial charge in [-0.05, 0) is 30.0 Å². The van der Waals surface area contributed by atoms with Crippen molar-refractivity contribution in [1.82, 2.24) is 14.9 Å². The number of aromatic nitrogens is 2. The Morgan fingerprint density at radius 3 is 2.85 bits per heavy atom. The van der Waals surface area contributed by atoms with Crippen LogP contribution in [0.4, 0.5) is 0 Å². The molecule has 2 aromatic heterocycles. The van der Waals surface area contributed by atoms with Crippen LogP contribution in [0.2, 0.25) is 0 Å². The van der Waals surface area contributed by atoms with E-state index in [2.05, 4.69) is 27.9 Å². The van der Waals surface area contributed by atoms with Gasteiger partial charge < -0.3 is 4.98 Å². The monoisotopic (exact) mass is 271 g/mol. The van der Waals surface area contributed by atoms with Gasteiger partial charge in [0.1, 0.15) is 0 Å². The highest BCUT2D eigenvalue weighted by molar-refractivity contribution is 5.74. The van der Waals surface area contributed by atoms with Crippen LogP contribution in [0.1, 0.15) is 31.4 Å². The van der Waals surface area contributed by atoms with E-state index in [0.717, 1.165) is 35.5 Å². The molecule has 3 rings (SSSR count). The van der Waals surface area contributed by atoms with Gasteiger partial charge in [0.05, 0.1) is 11.0 Å². The highest BCUT2D eigenvalue weighted by Crippen LogP contribution is 2.21. The quantitative estimate of drug-likeness (QED) is 0.928. The molecule has 3 heterocycles. The van der Waals surface area contributed by atoms with Gasteiger partial charge in [0, 0.05) is 31.4 Å². The zero-order valence-electron chi connectivity index (χ0n) is 12.1. The van der Waals surface area contributed by atoms with Crippen LogP contribution in [0.25, 0.3) is 11.0 Å². The van der Waals surface area contributed by atoms with Crippen LogP contribution in [0.3, 0.4) is 0 Å². The van der Waals surface area contributed by atoms with Crippen LogP contribution < -0.4 is 5.56 Å². The van der Waals surface area contributed by atoms with Crippen LogP contribution in [0.15, 0.2) is 23.1 Å². The molecule has 0 saturated carbocycles. The van der Waals surface area contributed by atoms with Gasteiger partial charge in [0.15, 0.2) is 0 Å². The van der Waals surface area contributed by atoms with Gasteiger partial charge in [-0.1, -0.05) is 20.3 Å².